The highest BCUT2D eigenvalue weighted by Gasteiger charge is 2.21. The van der Waals surface area contributed by atoms with E-state index < -0.39 is 15.9 Å². The quantitative estimate of drug-likeness (QED) is 0.851. The van der Waals surface area contributed by atoms with Gasteiger partial charge in [0.25, 0.3) is 0 Å². The fourth-order valence-electron chi connectivity index (χ4n) is 2.01. The molecule has 0 unspecified atom stereocenters. The van der Waals surface area contributed by atoms with E-state index in [1.807, 2.05) is 6.92 Å². The van der Waals surface area contributed by atoms with Crippen molar-refractivity contribution in [2.24, 2.45) is 0 Å². The summed E-state index contributed by atoms with van der Waals surface area (Å²) in [4.78, 5) is 12.2. The highest BCUT2D eigenvalue weighted by molar-refractivity contribution is 7.92. The second-order valence-electron chi connectivity index (χ2n) is 5.26. The van der Waals surface area contributed by atoms with Crippen LogP contribution in [0.25, 0.3) is 0 Å². The molecule has 0 saturated heterocycles. The van der Waals surface area contributed by atoms with Crippen LogP contribution in [-0.4, -0.2) is 27.1 Å². The van der Waals surface area contributed by atoms with Gasteiger partial charge in [-0.05, 0) is 48.9 Å². The number of aryl methyl sites for hydroxylation is 1. The number of rotatable bonds is 5. The predicted octanol–water partition coefficient (Wildman–Crippen LogP) is 3.71. The van der Waals surface area contributed by atoms with E-state index in [4.69, 9.17) is 23.2 Å². The molecule has 5 nitrogen and oxygen atoms in total. The first-order valence-electron chi connectivity index (χ1n) is 6.96. The fraction of sp³-hybridized carbons (Fsp3) is 0.188. The Kier molecular flexibility index (Phi) is 5.74. The highest BCUT2D eigenvalue weighted by atomic mass is 35.5. The van der Waals surface area contributed by atoms with Crippen molar-refractivity contribution >= 4 is 50.5 Å². The summed E-state index contributed by atoms with van der Waals surface area (Å²) in [7, 11) is -3.63. The molecule has 0 radical (unpaired) electrons. The number of amides is 1. The van der Waals surface area contributed by atoms with Gasteiger partial charge in [-0.2, -0.15) is 0 Å². The zero-order valence-corrected chi connectivity index (χ0v) is 15.4. The Morgan fingerprint density at radius 2 is 1.75 bits per heavy atom. The minimum absolute atomic E-state index is 0.355. The lowest BCUT2D eigenvalue weighted by atomic mass is 10.2. The molecule has 8 heteroatoms. The molecule has 128 valence electrons. The van der Waals surface area contributed by atoms with Gasteiger partial charge in [-0.3, -0.25) is 9.10 Å². The number of anilines is 2. The Bertz CT molecular complexity index is 852. The minimum atomic E-state index is -3.63. The number of benzene rings is 2. The molecule has 0 spiro atoms. The topological polar surface area (TPSA) is 66.5 Å². The third kappa shape index (κ3) is 4.87. The lowest BCUT2D eigenvalue weighted by molar-refractivity contribution is -0.114. The summed E-state index contributed by atoms with van der Waals surface area (Å²) >= 11 is 11.8. The normalized spacial score (nSPS) is 11.2. The molecule has 0 aliphatic carbocycles. The second-order valence-corrected chi connectivity index (χ2v) is 8.01. The lowest BCUT2D eigenvalue weighted by Crippen LogP contribution is -2.37. The third-order valence-electron chi connectivity index (χ3n) is 3.26. The van der Waals surface area contributed by atoms with Crippen LogP contribution in [0.15, 0.2) is 42.5 Å². The molecule has 2 aromatic rings. The van der Waals surface area contributed by atoms with Crippen molar-refractivity contribution < 1.29 is 13.2 Å². The molecule has 0 saturated carbocycles. The van der Waals surface area contributed by atoms with Gasteiger partial charge in [-0.25, -0.2) is 8.42 Å². The van der Waals surface area contributed by atoms with Gasteiger partial charge < -0.3 is 5.32 Å². The Morgan fingerprint density at radius 3 is 2.29 bits per heavy atom. The molecule has 1 N–H and O–H groups in total. The zero-order chi connectivity index (χ0) is 17.9. The molecular formula is C16H16Cl2N2O3S. The maximum Gasteiger partial charge on any atom is 0.245 e. The number of carbonyl (C=O) groups is 1. The molecule has 0 fully saturated rings. The summed E-state index contributed by atoms with van der Waals surface area (Å²) in [6.45, 7) is 1.49. The molecule has 0 heterocycles. The molecule has 0 bridgehead atoms. The smallest absolute Gasteiger partial charge is 0.245 e. The maximum absolute atomic E-state index is 12.2. The molecule has 24 heavy (non-hydrogen) atoms. The van der Waals surface area contributed by atoms with Crippen LogP contribution >= 0.6 is 23.2 Å². The average molecular weight is 387 g/mol. The number of hydrogen-bond acceptors (Lipinski definition) is 3. The van der Waals surface area contributed by atoms with Crippen LogP contribution in [0.4, 0.5) is 11.4 Å². The highest BCUT2D eigenvalue weighted by Crippen LogP contribution is 2.22. The standard InChI is InChI=1S/C16H16Cl2N2O3S/c1-11-3-6-13(9-15(11)18)19-16(21)10-20(24(2,22)23)14-7-4-12(17)5-8-14/h3-9H,10H2,1-2H3,(H,19,21). The minimum Gasteiger partial charge on any atom is -0.324 e. The van der Waals surface area contributed by atoms with Gasteiger partial charge in [0, 0.05) is 15.7 Å². The van der Waals surface area contributed by atoms with Crippen LogP contribution in [0, 0.1) is 6.92 Å². The maximum atomic E-state index is 12.2. The number of carbonyl (C=O) groups excluding carboxylic acids is 1. The van der Waals surface area contributed by atoms with E-state index in [1.165, 1.54) is 0 Å². The van der Waals surface area contributed by atoms with Crippen molar-refractivity contribution in [1.29, 1.82) is 0 Å². The second kappa shape index (κ2) is 7.42. The van der Waals surface area contributed by atoms with Crippen molar-refractivity contribution in [1.82, 2.24) is 0 Å². The van der Waals surface area contributed by atoms with E-state index >= 15 is 0 Å². The molecule has 2 rings (SSSR count). The molecule has 0 aromatic heterocycles. The van der Waals surface area contributed by atoms with Gasteiger partial charge >= 0.3 is 0 Å². The largest absolute Gasteiger partial charge is 0.324 e. The van der Waals surface area contributed by atoms with E-state index in [2.05, 4.69) is 5.32 Å². The molecule has 0 aliphatic rings. The summed E-state index contributed by atoms with van der Waals surface area (Å²) in [5.74, 6) is -0.477. The third-order valence-corrected chi connectivity index (χ3v) is 5.06. The van der Waals surface area contributed by atoms with Gasteiger partial charge in [0.05, 0.1) is 11.9 Å². The van der Waals surface area contributed by atoms with Gasteiger partial charge in [-0.15, -0.1) is 0 Å². The summed E-state index contributed by atoms with van der Waals surface area (Å²) in [5, 5.41) is 3.63. The zero-order valence-electron chi connectivity index (χ0n) is 13.1. The Hall–Kier alpha value is -1.76. The van der Waals surface area contributed by atoms with Crippen LogP contribution < -0.4 is 9.62 Å². The molecule has 0 aliphatic heterocycles. The van der Waals surface area contributed by atoms with E-state index in [1.54, 1.807) is 42.5 Å². The monoisotopic (exact) mass is 386 g/mol. The number of nitrogens with zero attached hydrogens (tertiary/aromatic N) is 1. The van der Waals surface area contributed by atoms with Crippen LogP contribution in [0.5, 0.6) is 0 Å². The predicted molar refractivity (Wildman–Crippen MR) is 98.5 cm³/mol. The summed E-state index contributed by atoms with van der Waals surface area (Å²) < 4.78 is 25.0. The average Bonchev–Trinajstić information content (AvgIpc) is 2.49. The van der Waals surface area contributed by atoms with Crippen molar-refractivity contribution in [3.63, 3.8) is 0 Å². The number of halogens is 2. The molecule has 0 atom stereocenters. The van der Waals surface area contributed by atoms with Crippen molar-refractivity contribution in [2.75, 3.05) is 22.4 Å². The van der Waals surface area contributed by atoms with Gasteiger partial charge in [0.1, 0.15) is 6.54 Å². The van der Waals surface area contributed by atoms with Crippen LogP contribution in [0.3, 0.4) is 0 Å². The first kappa shape index (κ1) is 18.6. The lowest BCUT2D eigenvalue weighted by Gasteiger charge is -2.22. The van der Waals surface area contributed by atoms with E-state index in [0.29, 0.717) is 21.4 Å². The Balaban J connectivity index is 2.18. The number of hydrogen-bond donors (Lipinski definition) is 1. The van der Waals surface area contributed by atoms with Crippen LogP contribution in [-0.2, 0) is 14.8 Å². The molecular weight excluding hydrogens is 371 g/mol. The SMILES string of the molecule is Cc1ccc(NC(=O)CN(c2ccc(Cl)cc2)S(C)(=O)=O)cc1Cl. The van der Waals surface area contributed by atoms with Gasteiger partial charge in [0.15, 0.2) is 0 Å². The first-order valence-corrected chi connectivity index (χ1v) is 9.56. The number of nitrogens with one attached hydrogen (secondary N) is 1. The number of sulfonamides is 1. The summed E-state index contributed by atoms with van der Waals surface area (Å²) in [6, 6.07) is 11.3. The van der Waals surface area contributed by atoms with E-state index in [0.717, 1.165) is 16.1 Å². The fourth-order valence-corrected chi connectivity index (χ4v) is 3.17. The van der Waals surface area contributed by atoms with Crippen molar-refractivity contribution in [3.05, 3.63) is 58.1 Å². The summed E-state index contributed by atoms with van der Waals surface area (Å²) in [5.41, 5.74) is 1.74. The van der Waals surface area contributed by atoms with E-state index in [9.17, 15) is 13.2 Å². The summed E-state index contributed by atoms with van der Waals surface area (Å²) in [6.07, 6.45) is 1.04. The Labute approximate surface area is 151 Å². The van der Waals surface area contributed by atoms with Crippen molar-refractivity contribution in [3.8, 4) is 0 Å². The van der Waals surface area contributed by atoms with Gasteiger partial charge in [0.2, 0.25) is 15.9 Å². The van der Waals surface area contributed by atoms with E-state index in [-0.39, 0.29) is 6.54 Å². The van der Waals surface area contributed by atoms with Crippen LogP contribution in [0.2, 0.25) is 10.0 Å². The molecule has 1 amide bonds. The first-order chi connectivity index (χ1) is 11.2. The van der Waals surface area contributed by atoms with Crippen molar-refractivity contribution in [2.45, 2.75) is 6.92 Å². The van der Waals surface area contributed by atoms with Gasteiger partial charge in [-0.1, -0.05) is 29.3 Å². The molecule has 2 aromatic carbocycles. The van der Waals surface area contributed by atoms with Crippen LogP contribution in [0.1, 0.15) is 5.56 Å². The Morgan fingerprint density at radius 1 is 1.12 bits per heavy atom.